The smallest absolute Gasteiger partial charge is 0.251 e. The zero-order valence-electron chi connectivity index (χ0n) is 9.06. The van der Waals surface area contributed by atoms with Crippen LogP contribution in [-0.2, 0) is 4.74 Å². The Hall–Kier alpha value is -1.75. The van der Waals surface area contributed by atoms with E-state index in [0.717, 1.165) is 6.07 Å². The second-order valence-electron chi connectivity index (χ2n) is 3.19. The number of carbonyl (C=O) groups excluding carboxylic acids is 1. The Morgan fingerprint density at radius 3 is 2.50 bits per heavy atom. The van der Waals surface area contributed by atoms with Gasteiger partial charge in [-0.05, 0) is 19.1 Å². The predicted molar refractivity (Wildman–Crippen MR) is 58.6 cm³/mol. The number of aromatic hydroxyl groups is 2. The minimum atomic E-state index is -0.356. The minimum absolute atomic E-state index is 0.144. The lowest BCUT2D eigenvalue weighted by Gasteiger charge is -2.06. The predicted octanol–water partition coefficient (Wildman–Crippen LogP) is 0.864. The van der Waals surface area contributed by atoms with Crippen LogP contribution >= 0.6 is 0 Å². The van der Waals surface area contributed by atoms with Crippen LogP contribution in [0.2, 0.25) is 0 Å². The number of hydrogen-bond donors (Lipinski definition) is 3. The van der Waals surface area contributed by atoms with Crippen molar-refractivity contribution in [2.24, 2.45) is 0 Å². The van der Waals surface area contributed by atoms with Gasteiger partial charge < -0.3 is 20.3 Å². The summed E-state index contributed by atoms with van der Waals surface area (Å²) in [6.45, 7) is 3.30. The number of benzene rings is 1. The Morgan fingerprint density at radius 2 is 1.94 bits per heavy atom. The molecule has 0 spiro atoms. The molecule has 1 aromatic rings. The Balaban J connectivity index is 2.52. The Bertz CT molecular complexity index is 345. The van der Waals surface area contributed by atoms with Gasteiger partial charge in [0.2, 0.25) is 0 Å². The summed E-state index contributed by atoms with van der Waals surface area (Å²) in [6, 6.07) is 3.74. The van der Waals surface area contributed by atoms with E-state index in [1.54, 1.807) is 0 Å². The van der Waals surface area contributed by atoms with Crippen LogP contribution in [0.3, 0.4) is 0 Å². The van der Waals surface area contributed by atoms with Crippen LogP contribution in [0.15, 0.2) is 18.2 Å². The lowest BCUT2D eigenvalue weighted by atomic mass is 10.2. The number of carbonyl (C=O) groups is 1. The third-order valence-corrected chi connectivity index (χ3v) is 1.90. The van der Waals surface area contributed by atoms with Crippen LogP contribution in [-0.4, -0.2) is 35.9 Å². The molecule has 0 saturated heterocycles. The molecule has 16 heavy (non-hydrogen) atoms. The van der Waals surface area contributed by atoms with Gasteiger partial charge in [0.15, 0.2) is 0 Å². The molecule has 1 amide bonds. The molecule has 0 aliphatic heterocycles. The molecule has 0 fully saturated rings. The number of nitrogens with one attached hydrogen (secondary N) is 1. The number of phenols is 2. The van der Waals surface area contributed by atoms with Crippen LogP contribution in [0.1, 0.15) is 17.3 Å². The van der Waals surface area contributed by atoms with Crippen LogP contribution in [0.25, 0.3) is 0 Å². The van der Waals surface area contributed by atoms with Crippen molar-refractivity contribution in [3.05, 3.63) is 23.8 Å². The van der Waals surface area contributed by atoms with E-state index < -0.39 is 0 Å². The van der Waals surface area contributed by atoms with E-state index in [-0.39, 0.29) is 23.0 Å². The van der Waals surface area contributed by atoms with Gasteiger partial charge in [-0.2, -0.15) is 0 Å². The lowest BCUT2D eigenvalue weighted by Crippen LogP contribution is -2.27. The molecule has 0 bridgehead atoms. The van der Waals surface area contributed by atoms with E-state index in [2.05, 4.69) is 5.32 Å². The van der Waals surface area contributed by atoms with Crippen molar-refractivity contribution in [2.45, 2.75) is 6.92 Å². The zero-order chi connectivity index (χ0) is 12.0. The molecule has 0 aliphatic rings. The van der Waals surface area contributed by atoms with E-state index in [9.17, 15) is 15.0 Å². The fourth-order valence-corrected chi connectivity index (χ4v) is 1.21. The maximum Gasteiger partial charge on any atom is 0.251 e. The van der Waals surface area contributed by atoms with Gasteiger partial charge in [0.1, 0.15) is 11.5 Å². The third-order valence-electron chi connectivity index (χ3n) is 1.90. The van der Waals surface area contributed by atoms with Crippen molar-refractivity contribution < 1.29 is 19.7 Å². The van der Waals surface area contributed by atoms with Crippen LogP contribution in [0.5, 0.6) is 11.5 Å². The van der Waals surface area contributed by atoms with Crippen molar-refractivity contribution >= 4 is 5.91 Å². The average Bonchev–Trinajstić information content (AvgIpc) is 2.22. The number of amides is 1. The molecule has 1 aromatic carbocycles. The van der Waals surface area contributed by atoms with Crippen molar-refractivity contribution in [1.82, 2.24) is 5.32 Å². The molecule has 1 rings (SSSR count). The average molecular weight is 225 g/mol. The quantitative estimate of drug-likeness (QED) is 0.649. The minimum Gasteiger partial charge on any atom is -0.508 e. The summed E-state index contributed by atoms with van der Waals surface area (Å²) in [4.78, 5) is 11.5. The summed E-state index contributed by atoms with van der Waals surface area (Å²) < 4.78 is 5.05. The standard InChI is InChI=1S/C11H15NO4/c1-2-16-4-3-12-11(15)8-5-9(13)7-10(14)6-8/h5-7,13-14H,2-4H2,1H3,(H,12,15). The molecule has 0 atom stereocenters. The molecule has 0 radical (unpaired) electrons. The van der Waals surface area contributed by atoms with E-state index in [4.69, 9.17) is 4.74 Å². The molecular formula is C11H15NO4. The topological polar surface area (TPSA) is 78.8 Å². The number of ether oxygens (including phenoxy) is 1. The fourth-order valence-electron chi connectivity index (χ4n) is 1.21. The first-order valence-electron chi connectivity index (χ1n) is 5.02. The van der Waals surface area contributed by atoms with Crippen molar-refractivity contribution in [1.29, 1.82) is 0 Å². The molecule has 3 N–H and O–H groups in total. The summed E-state index contributed by atoms with van der Waals surface area (Å²) in [6.07, 6.45) is 0. The molecule has 0 unspecified atom stereocenters. The van der Waals surface area contributed by atoms with Gasteiger partial charge in [-0.15, -0.1) is 0 Å². The molecule has 5 nitrogen and oxygen atoms in total. The first-order valence-corrected chi connectivity index (χ1v) is 5.02. The second kappa shape index (κ2) is 5.97. The van der Waals surface area contributed by atoms with Crippen molar-refractivity contribution in [3.8, 4) is 11.5 Å². The highest BCUT2D eigenvalue weighted by Crippen LogP contribution is 2.19. The van der Waals surface area contributed by atoms with Crippen LogP contribution in [0, 0.1) is 0 Å². The van der Waals surface area contributed by atoms with Gasteiger partial charge in [-0.3, -0.25) is 4.79 Å². The number of hydrogen-bond acceptors (Lipinski definition) is 4. The Kier molecular flexibility index (Phi) is 4.60. The Labute approximate surface area is 93.7 Å². The van der Waals surface area contributed by atoms with Gasteiger partial charge in [-0.1, -0.05) is 0 Å². The van der Waals surface area contributed by atoms with E-state index in [1.165, 1.54) is 12.1 Å². The number of phenolic OH excluding ortho intramolecular Hbond substituents is 2. The lowest BCUT2D eigenvalue weighted by molar-refractivity contribution is 0.0922. The van der Waals surface area contributed by atoms with Gasteiger partial charge in [0.25, 0.3) is 5.91 Å². The number of rotatable bonds is 5. The maximum absolute atomic E-state index is 11.5. The zero-order valence-corrected chi connectivity index (χ0v) is 9.06. The largest absolute Gasteiger partial charge is 0.508 e. The SMILES string of the molecule is CCOCCNC(=O)c1cc(O)cc(O)c1. The highest BCUT2D eigenvalue weighted by Gasteiger charge is 2.07. The summed E-state index contributed by atoms with van der Waals surface area (Å²) in [5, 5.41) is 21.0. The van der Waals surface area contributed by atoms with Gasteiger partial charge in [0, 0.05) is 24.8 Å². The Morgan fingerprint density at radius 1 is 1.31 bits per heavy atom. The molecule has 0 aliphatic carbocycles. The molecule has 0 aromatic heterocycles. The summed E-state index contributed by atoms with van der Waals surface area (Å²) in [5.74, 6) is -0.643. The molecule has 5 heteroatoms. The van der Waals surface area contributed by atoms with E-state index in [0.29, 0.717) is 19.8 Å². The highest BCUT2D eigenvalue weighted by molar-refractivity contribution is 5.95. The molecule has 88 valence electrons. The van der Waals surface area contributed by atoms with Gasteiger partial charge in [-0.25, -0.2) is 0 Å². The van der Waals surface area contributed by atoms with Crippen molar-refractivity contribution in [2.75, 3.05) is 19.8 Å². The second-order valence-corrected chi connectivity index (χ2v) is 3.19. The van der Waals surface area contributed by atoms with Crippen molar-refractivity contribution in [3.63, 3.8) is 0 Å². The normalized spacial score (nSPS) is 10.1. The van der Waals surface area contributed by atoms with E-state index >= 15 is 0 Å². The third kappa shape index (κ3) is 3.78. The fraction of sp³-hybridized carbons (Fsp3) is 0.364. The van der Waals surface area contributed by atoms with Crippen LogP contribution < -0.4 is 5.32 Å². The van der Waals surface area contributed by atoms with Crippen LogP contribution in [0.4, 0.5) is 0 Å². The highest BCUT2D eigenvalue weighted by atomic mass is 16.5. The van der Waals surface area contributed by atoms with E-state index in [1.807, 2.05) is 6.92 Å². The first-order chi connectivity index (χ1) is 7.63. The van der Waals surface area contributed by atoms with Gasteiger partial charge in [0.05, 0.1) is 6.61 Å². The summed E-state index contributed by atoms with van der Waals surface area (Å²) in [7, 11) is 0. The van der Waals surface area contributed by atoms with Gasteiger partial charge >= 0.3 is 0 Å². The molecule has 0 heterocycles. The maximum atomic E-state index is 11.5. The summed E-state index contributed by atoms with van der Waals surface area (Å²) >= 11 is 0. The summed E-state index contributed by atoms with van der Waals surface area (Å²) in [5.41, 5.74) is 0.217. The monoisotopic (exact) mass is 225 g/mol. The first kappa shape index (κ1) is 12.3. The molecule has 0 saturated carbocycles. The molecular weight excluding hydrogens is 210 g/mol.